The molecule has 4 aromatic heterocycles. The second-order valence-electron chi connectivity index (χ2n) is 6.90. The van der Waals surface area contributed by atoms with Gasteiger partial charge < -0.3 is 5.32 Å². The van der Waals surface area contributed by atoms with Gasteiger partial charge >= 0.3 is 0 Å². The second-order valence-corrected chi connectivity index (χ2v) is 7.99. The van der Waals surface area contributed by atoms with Gasteiger partial charge in [-0.05, 0) is 42.4 Å². The van der Waals surface area contributed by atoms with E-state index in [9.17, 15) is 4.79 Å². The topological polar surface area (TPSA) is 85.1 Å². The predicted octanol–water partition coefficient (Wildman–Crippen LogP) is 3.10. The van der Waals surface area contributed by atoms with Crippen LogP contribution in [0.15, 0.2) is 30.9 Å². The first-order chi connectivity index (χ1) is 13.2. The molecule has 0 spiro atoms. The maximum Gasteiger partial charge on any atom is 0.291 e. The highest BCUT2D eigenvalue weighted by atomic mass is 32.1. The Bertz CT molecular complexity index is 1150. The van der Waals surface area contributed by atoms with Gasteiger partial charge in [0.05, 0.1) is 5.39 Å². The zero-order valence-electron chi connectivity index (χ0n) is 14.8. The molecule has 4 aromatic rings. The highest BCUT2D eigenvalue weighted by molar-refractivity contribution is 7.19. The highest BCUT2D eigenvalue weighted by Crippen LogP contribution is 2.42. The van der Waals surface area contributed by atoms with Crippen molar-refractivity contribution in [3.63, 3.8) is 0 Å². The number of nitrogens with zero attached hydrogens (tertiary/aromatic N) is 5. The number of rotatable bonds is 3. The van der Waals surface area contributed by atoms with Crippen molar-refractivity contribution in [2.45, 2.75) is 38.6 Å². The first-order valence-corrected chi connectivity index (χ1v) is 9.86. The highest BCUT2D eigenvalue weighted by Gasteiger charge is 2.25. The molecule has 0 radical (unpaired) electrons. The Morgan fingerprint density at radius 1 is 1.44 bits per heavy atom. The number of hydrogen-bond acceptors (Lipinski definition) is 6. The summed E-state index contributed by atoms with van der Waals surface area (Å²) >= 11 is 1.74. The summed E-state index contributed by atoms with van der Waals surface area (Å²) in [7, 11) is 0. The minimum absolute atomic E-state index is 0.164. The van der Waals surface area contributed by atoms with Crippen LogP contribution >= 0.6 is 11.3 Å². The van der Waals surface area contributed by atoms with Crippen molar-refractivity contribution >= 4 is 33.1 Å². The Kier molecular flexibility index (Phi) is 3.86. The number of thiophene rings is 1. The van der Waals surface area contributed by atoms with E-state index in [0.717, 1.165) is 27.8 Å². The van der Waals surface area contributed by atoms with Gasteiger partial charge in [-0.15, -0.1) is 16.4 Å². The third kappa shape index (κ3) is 2.76. The maximum absolute atomic E-state index is 12.5. The maximum atomic E-state index is 12.5. The number of nitrogens with one attached hydrogen (secondary N) is 1. The fourth-order valence-electron chi connectivity index (χ4n) is 3.75. The molecule has 0 aliphatic heterocycles. The van der Waals surface area contributed by atoms with E-state index >= 15 is 0 Å². The molecule has 1 unspecified atom stereocenters. The molecule has 1 aliphatic carbocycles. The largest absolute Gasteiger partial charge is 0.345 e. The average molecular weight is 378 g/mol. The Labute approximate surface area is 159 Å². The Morgan fingerprint density at radius 3 is 3.22 bits per heavy atom. The molecule has 1 N–H and O–H groups in total. The molecule has 1 atom stereocenters. The van der Waals surface area contributed by atoms with E-state index in [1.54, 1.807) is 34.6 Å². The molecule has 5 rings (SSSR count). The number of pyridine rings is 1. The zero-order chi connectivity index (χ0) is 18.4. The summed E-state index contributed by atoms with van der Waals surface area (Å²) in [5, 5.41) is 8.26. The quantitative estimate of drug-likeness (QED) is 0.592. The van der Waals surface area contributed by atoms with Gasteiger partial charge in [0.15, 0.2) is 5.65 Å². The van der Waals surface area contributed by atoms with Gasteiger partial charge in [0.1, 0.15) is 11.2 Å². The zero-order valence-corrected chi connectivity index (χ0v) is 15.7. The van der Waals surface area contributed by atoms with Gasteiger partial charge in [-0.1, -0.05) is 13.0 Å². The normalized spacial score (nSPS) is 16.6. The Morgan fingerprint density at radius 2 is 2.37 bits per heavy atom. The Hall–Kier alpha value is -2.87. The fourth-order valence-corrected chi connectivity index (χ4v) is 5.04. The Balaban J connectivity index is 1.52. The first-order valence-electron chi connectivity index (χ1n) is 9.04. The molecule has 4 heterocycles. The second kappa shape index (κ2) is 6.38. The summed E-state index contributed by atoms with van der Waals surface area (Å²) in [6.07, 6.45) is 8.56. The van der Waals surface area contributed by atoms with Crippen molar-refractivity contribution in [3.05, 3.63) is 52.7 Å². The standard InChI is InChI=1S/C19H18N6OS/c1-11-4-2-6-13-14(11)15-17-23-16(24-25(17)10-22-19(15)27-13)18(26)21-9-12-5-3-7-20-8-12/h3,5,7-8,10-11H,2,4,6,9H2,1H3,(H,21,26). The van der Waals surface area contributed by atoms with Crippen LogP contribution < -0.4 is 5.32 Å². The van der Waals surface area contributed by atoms with Crippen molar-refractivity contribution in [3.8, 4) is 0 Å². The van der Waals surface area contributed by atoms with Crippen LogP contribution in [-0.2, 0) is 13.0 Å². The van der Waals surface area contributed by atoms with E-state index in [1.165, 1.54) is 23.3 Å². The van der Waals surface area contributed by atoms with E-state index in [1.807, 2.05) is 12.1 Å². The summed E-state index contributed by atoms with van der Waals surface area (Å²) in [6.45, 7) is 2.65. The minimum atomic E-state index is -0.298. The van der Waals surface area contributed by atoms with E-state index in [-0.39, 0.29) is 11.7 Å². The molecule has 1 amide bonds. The van der Waals surface area contributed by atoms with Crippen molar-refractivity contribution in [1.82, 2.24) is 29.9 Å². The van der Waals surface area contributed by atoms with Gasteiger partial charge in [0, 0.05) is 23.8 Å². The summed E-state index contributed by atoms with van der Waals surface area (Å²) in [5.74, 6) is 0.347. The smallest absolute Gasteiger partial charge is 0.291 e. The number of aryl methyl sites for hydroxylation is 1. The molecular weight excluding hydrogens is 360 g/mol. The van der Waals surface area contributed by atoms with Crippen LogP contribution in [0.5, 0.6) is 0 Å². The van der Waals surface area contributed by atoms with Crippen LogP contribution in [0.2, 0.25) is 0 Å². The van der Waals surface area contributed by atoms with Crippen LogP contribution in [-0.4, -0.2) is 30.5 Å². The number of carbonyl (C=O) groups excluding carboxylic acids is 1. The van der Waals surface area contributed by atoms with Crippen LogP contribution in [0.1, 0.15) is 52.3 Å². The van der Waals surface area contributed by atoms with Crippen molar-refractivity contribution in [2.24, 2.45) is 0 Å². The molecular formula is C19H18N6OS. The lowest BCUT2D eigenvalue weighted by Crippen LogP contribution is -2.24. The van der Waals surface area contributed by atoms with Crippen LogP contribution in [0.4, 0.5) is 0 Å². The van der Waals surface area contributed by atoms with Gasteiger partial charge in [-0.25, -0.2) is 14.5 Å². The molecule has 0 saturated carbocycles. The molecule has 136 valence electrons. The van der Waals surface area contributed by atoms with Crippen LogP contribution in [0.3, 0.4) is 0 Å². The number of carbonyl (C=O) groups is 1. The van der Waals surface area contributed by atoms with E-state index in [4.69, 9.17) is 0 Å². The number of amides is 1. The van der Waals surface area contributed by atoms with Gasteiger partial charge in [-0.3, -0.25) is 9.78 Å². The molecule has 0 bridgehead atoms. The predicted molar refractivity (Wildman–Crippen MR) is 103 cm³/mol. The fraction of sp³-hybridized carbons (Fsp3) is 0.316. The summed E-state index contributed by atoms with van der Waals surface area (Å²) in [6, 6.07) is 3.75. The third-order valence-electron chi connectivity index (χ3n) is 5.06. The van der Waals surface area contributed by atoms with E-state index in [0.29, 0.717) is 12.5 Å². The van der Waals surface area contributed by atoms with E-state index < -0.39 is 0 Å². The lowest BCUT2D eigenvalue weighted by Gasteiger charge is -2.18. The summed E-state index contributed by atoms with van der Waals surface area (Å²) < 4.78 is 1.62. The number of fused-ring (bicyclic) bond motifs is 5. The summed E-state index contributed by atoms with van der Waals surface area (Å²) in [5.41, 5.74) is 2.99. The third-order valence-corrected chi connectivity index (χ3v) is 6.23. The minimum Gasteiger partial charge on any atom is -0.345 e. The molecule has 1 aliphatic rings. The molecule has 8 heteroatoms. The SMILES string of the molecule is CC1CCCc2sc3ncn4nc(C(=O)NCc5cccnc5)nc4c3c21. The number of aromatic nitrogens is 5. The van der Waals surface area contributed by atoms with Crippen molar-refractivity contribution in [1.29, 1.82) is 0 Å². The van der Waals surface area contributed by atoms with Gasteiger partial charge in [0.25, 0.3) is 5.91 Å². The van der Waals surface area contributed by atoms with Gasteiger partial charge in [-0.2, -0.15) is 0 Å². The lowest BCUT2D eigenvalue weighted by molar-refractivity contribution is 0.0940. The lowest BCUT2D eigenvalue weighted by atomic mass is 9.87. The molecule has 0 aromatic carbocycles. The van der Waals surface area contributed by atoms with Gasteiger partial charge in [0.2, 0.25) is 5.82 Å². The monoisotopic (exact) mass is 378 g/mol. The van der Waals surface area contributed by atoms with Crippen molar-refractivity contribution in [2.75, 3.05) is 0 Å². The van der Waals surface area contributed by atoms with E-state index in [2.05, 4.69) is 32.3 Å². The molecule has 27 heavy (non-hydrogen) atoms. The molecule has 0 fully saturated rings. The molecule has 0 saturated heterocycles. The van der Waals surface area contributed by atoms with Crippen LogP contribution in [0.25, 0.3) is 15.9 Å². The average Bonchev–Trinajstić information content (AvgIpc) is 3.28. The number of hydrogen-bond donors (Lipinski definition) is 1. The van der Waals surface area contributed by atoms with Crippen LogP contribution in [0, 0.1) is 0 Å². The molecule has 7 nitrogen and oxygen atoms in total. The van der Waals surface area contributed by atoms with Crippen molar-refractivity contribution < 1.29 is 4.79 Å². The first kappa shape index (κ1) is 16.3. The summed E-state index contributed by atoms with van der Waals surface area (Å²) in [4.78, 5) is 28.1.